The zero-order valence-corrected chi connectivity index (χ0v) is 10.0. The minimum Gasteiger partial charge on any atom is -0.495 e. The summed E-state index contributed by atoms with van der Waals surface area (Å²) in [5.41, 5.74) is 5.52. The molecule has 0 saturated carbocycles. The van der Waals surface area contributed by atoms with Gasteiger partial charge in [-0.15, -0.1) is 0 Å². The molecule has 0 unspecified atom stereocenters. The summed E-state index contributed by atoms with van der Waals surface area (Å²) in [6, 6.07) is 3.88. The molecular weight excluding hydrogens is 216 g/mol. The average Bonchev–Trinajstić information content (AvgIpc) is 2.39. The van der Waals surface area contributed by atoms with Crippen molar-refractivity contribution >= 4 is 11.7 Å². The van der Waals surface area contributed by atoms with Gasteiger partial charge < -0.3 is 15.4 Å². The van der Waals surface area contributed by atoms with Crippen molar-refractivity contribution in [3.63, 3.8) is 0 Å². The van der Waals surface area contributed by atoms with Crippen LogP contribution in [0.5, 0.6) is 5.75 Å². The quantitative estimate of drug-likeness (QED) is 0.609. The summed E-state index contributed by atoms with van der Waals surface area (Å²) < 4.78 is 5.08. The summed E-state index contributed by atoms with van der Waals surface area (Å²) in [7, 11) is 1.63. The molecule has 0 aromatic carbocycles. The van der Waals surface area contributed by atoms with Crippen molar-refractivity contribution in [2.24, 2.45) is 11.7 Å². The number of rotatable bonds is 3. The highest BCUT2D eigenvalue weighted by Crippen LogP contribution is 2.22. The summed E-state index contributed by atoms with van der Waals surface area (Å²) in [5, 5.41) is 7.44. The van der Waals surface area contributed by atoms with Crippen molar-refractivity contribution in [2.75, 3.05) is 25.1 Å². The van der Waals surface area contributed by atoms with Gasteiger partial charge in [0.05, 0.1) is 19.1 Å². The standard InChI is InChI=1S/C12H18N4O/c1-17-10-2-3-11(15-8-10)16-6-4-9(5-7-16)12(13)14/h2-3,8-9H,4-7H2,1H3,(H3,13,14). The van der Waals surface area contributed by atoms with Crippen molar-refractivity contribution in [3.05, 3.63) is 18.3 Å². The molecule has 0 spiro atoms. The highest BCUT2D eigenvalue weighted by molar-refractivity contribution is 5.79. The van der Waals surface area contributed by atoms with Crippen molar-refractivity contribution in [2.45, 2.75) is 12.8 Å². The maximum atomic E-state index is 7.44. The minimum atomic E-state index is 0.240. The molecule has 1 aromatic heterocycles. The molecular formula is C12H18N4O. The zero-order chi connectivity index (χ0) is 12.3. The van der Waals surface area contributed by atoms with Gasteiger partial charge in [0.15, 0.2) is 0 Å². The molecule has 2 heterocycles. The molecule has 1 aliphatic heterocycles. The number of ether oxygens (including phenoxy) is 1. The van der Waals surface area contributed by atoms with Crippen LogP contribution in [0.3, 0.4) is 0 Å². The predicted octanol–water partition coefficient (Wildman–Crippen LogP) is 1.24. The van der Waals surface area contributed by atoms with Crippen LogP contribution in [0.4, 0.5) is 5.82 Å². The molecule has 0 bridgehead atoms. The predicted molar refractivity (Wildman–Crippen MR) is 67.6 cm³/mol. The monoisotopic (exact) mass is 234 g/mol. The molecule has 17 heavy (non-hydrogen) atoms. The smallest absolute Gasteiger partial charge is 0.137 e. The minimum absolute atomic E-state index is 0.240. The summed E-state index contributed by atoms with van der Waals surface area (Å²) in [6.07, 6.45) is 3.60. The molecule has 1 aromatic rings. The third kappa shape index (κ3) is 2.67. The second-order valence-electron chi connectivity index (χ2n) is 4.27. The van der Waals surface area contributed by atoms with Gasteiger partial charge in [-0.2, -0.15) is 0 Å². The number of hydrogen-bond donors (Lipinski definition) is 2. The Kier molecular flexibility index (Phi) is 3.46. The van der Waals surface area contributed by atoms with Crippen LogP contribution in [0, 0.1) is 11.3 Å². The molecule has 3 N–H and O–H groups in total. The molecule has 1 aliphatic rings. The normalized spacial score (nSPS) is 16.9. The Morgan fingerprint density at radius 2 is 2.18 bits per heavy atom. The van der Waals surface area contributed by atoms with Crippen molar-refractivity contribution < 1.29 is 4.74 Å². The molecule has 0 atom stereocenters. The number of anilines is 1. The molecule has 92 valence electrons. The number of nitrogens with two attached hydrogens (primary N) is 1. The molecule has 2 rings (SSSR count). The number of nitrogens with one attached hydrogen (secondary N) is 1. The van der Waals surface area contributed by atoms with Crippen molar-refractivity contribution in [3.8, 4) is 5.75 Å². The SMILES string of the molecule is COc1ccc(N2CCC(C(=N)N)CC2)nc1. The molecule has 0 amide bonds. The lowest BCUT2D eigenvalue weighted by Gasteiger charge is -2.32. The lowest BCUT2D eigenvalue weighted by atomic mass is 9.96. The van der Waals surface area contributed by atoms with Gasteiger partial charge in [0.1, 0.15) is 11.6 Å². The van der Waals surface area contributed by atoms with Gasteiger partial charge in [-0.1, -0.05) is 0 Å². The molecule has 5 heteroatoms. The van der Waals surface area contributed by atoms with E-state index in [2.05, 4.69) is 9.88 Å². The molecule has 5 nitrogen and oxygen atoms in total. The van der Waals surface area contributed by atoms with Crippen molar-refractivity contribution in [1.82, 2.24) is 4.98 Å². The van der Waals surface area contributed by atoms with E-state index in [9.17, 15) is 0 Å². The Bertz CT molecular complexity index is 382. The number of methoxy groups -OCH3 is 1. The maximum Gasteiger partial charge on any atom is 0.137 e. The van der Waals surface area contributed by atoms with Crippen LogP contribution >= 0.6 is 0 Å². The van der Waals surface area contributed by atoms with Crippen molar-refractivity contribution in [1.29, 1.82) is 5.41 Å². The Hall–Kier alpha value is -1.78. The number of nitrogens with zero attached hydrogens (tertiary/aromatic N) is 2. The topological polar surface area (TPSA) is 75.2 Å². The van der Waals surface area contributed by atoms with E-state index < -0.39 is 0 Å². The molecule has 0 radical (unpaired) electrons. The van der Waals surface area contributed by atoms with Gasteiger partial charge in [-0.05, 0) is 25.0 Å². The first-order chi connectivity index (χ1) is 8.20. The van der Waals surface area contributed by atoms with Gasteiger partial charge in [0, 0.05) is 19.0 Å². The first kappa shape index (κ1) is 11.7. The van der Waals surface area contributed by atoms with E-state index in [1.165, 1.54) is 0 Å². The molecule has 1 fully saturated rings. The number of aromatic nitrogens is 1. The van der Waals surface area contributed by atoms with E-state index in [1.807, 2.05) is 12.1 Å². The van der Waals surface area contributed by atoms with Gasteiger partial charge in [-0.25, -0.2) is 4.98 Å². The average molecular weight is 234 g/mol. The second kappa shape index (κ2) is 5.03. The molecule has 0 aliphatic carbocycles. The second-order valence-corrected chi connectivity index (χ2v) is 4.27. The first-order valence-corrected chi connectivity index (χ1v) is 5.79. The van der Waals surface area contributed by atoms with E-state index in [4.69, 9.17) is 15.9 Å². The maximum absolute atomic E-state index is 7.44. The summed E-state index contributed by atoms with van der Waals surface area (Å²) in [5.74, 6) is 2.29. The van der Waals surface area contributed by atoms with Crippen LogP contribution in [-0.4, -0.2) is 31.0 Å². The molecule has 1 saturated heterocycles. The Morgan fingerprint density at radius 1 is 1.47 bits per heavy atom. The zero-order valence-electron chi connectivity index (χ0n) is 10.0. The van der Waals surface area contributed by atoms with E-state index in [-0.39, 0.29) is 5.92 Å². The Labute approximate surface area is 101 Å². The Morgan fingerprint density at radius 3 is 2.65 bits per heavy atom. The highest BCUT2D eigenvalue weighted by atomic mass is 16.5. The first-order valence-electron chi connectivity index (χ1n) is 5.79. The van der Waals surface area contributed by atoms with Crippen LogP contribution in [0.25, 0.3) is 0 Å². The van der Waals surface area contributed by atoms with Gasteiger partial charge in [0.25, 0.3) is 0 Å². The third-order valence-corrected chi connectivity index (χ3v) is 3.22. The number of piperidine rings is 1. The van der Waals surface area contributed by atoms with Gasteiger partial charge >= 0.3 is 0 Å². The van der Waals surface area contributed by atoms with Crippen LogP contribution < -0.4 is 15.4 Å². The van der Waals surface area contributed by atoms with Crippen LogP contribution in [0.15, 0.2) is 18.3 Å². The largest absolute Gasteiger partial charge is 0.495 e. The number of pyridine rings is 1. The fraction of sp³-hybridized carbons (Fsp3) is 0.500. The summed E-state index contributed by atoms with van der Waals surface area (Å²) in [6.45, 7) is 1.81. The van der Waals surface area contributed by atoms with Gasteiger partial charge in [0.2, 0.25) is 0 Å². The van der Waals surface area contributed by atoms with E-state index in [0.29, 0.717) is 5.84 Å². The lowest BCUT2D eigenvalue weighted by Crippen LogP contribution is -2.38. The fourth-order valence-corrected chi connectivity index (χ4v) is 2.10. The van der Waals surface area contributed by atoms with E-state index in [0.717, 1.165) is 37.5 Å². The van der Waals surface area contributed by atoms with Crippen LogP contribution in [-0.2, 0) is 0 Å². The Balaban J connectivity index is 1.97. The van der Waals surface area contributed by atoms with Crippen LogP contribution in [0.1, 0.15) is 12.8 Å². The fourth-order valence-electron chi connectivity index (χ4n) is 2.10. The highest BCUT2D eigenvalue weighted by Gasteiger charge is 2.21. The van der Waals surface area contributed by atoms with E-state index >= 15 is 0 Å². The number of amidine groups is 1. The third-order valence-electron chi connectivity index (χ3n) is 3.22. The van der Waals surface area contributed by atoms with E-state index in [1.54, 1.807) is 13.3 Å². The summed E-state index contributed by atoms with van der Waals surface area (Å²) in [4.78, 5) is 6.58. The summed E-state index contributed by atoms with van der Waals surface area (Å²) >= 11 is 0. The lowest BCUT2D eigenvalue weighted by molar-refractivity contribution is 0.412. The van der Waals surface area contributed by atoms with Crippen LogP contribution in [0.2, 0.25) is 0 Å². The van der Waals surface area contributed by atoms with Gasteiger partial charge in [-0.3, -0.25) is 5.41 Å². The number of hydrogen-bond acceptors (Lipinski definition) is 4.